The molecule has 4 fully saturated rings. The Bertz CT molecular complexity index is 1770. The van der Waals surface area contributed by atoms with Crippen LogP contribution in [0.3, 0.4) is 0 Å². The van der Waals surface area contributed by atoms with Crippen LogP contribution >= 0.6 is 11.3 Å². The fourth-order valence-electron chi connectivity index (χ4n) is 12.3. The fraction of sp³-hybridized carbons (Fsp3) is 0.840. The van der Waals surface area contributed by atoms with Crippen LogP contribution in [0.25, 0.3) is 0 Å². The lowest BCUT2D eigenvalue weighted by molar-refractivity contribution is -0.314. The number of esters is 1. The van der Waals surface area contributed by atoms with Crippen LogP contribution in [0.2, 0.25) is 0 Å². The van der Waals surface area contributed by atoms with Crippen LogP contribution in [-0.4, -0.2) is 123 Å². The molecule has 3 aliphatic heterocycles. The molecule has 3 saturated heterocycles. The number of ether oxygens (including phenoxy) is 8. The smallest absolute Gasteiger partial charge is 0.306 e. The number of thiazole rings is 1. The normalized spacial score (nSPS) is 39.1. The van der Waals surface area contributed by atoms with Gasteiger partial charge in [0.25, 0.3) is 0 Å². The molecule has 0 N–H and O–H groups in total. The number of fused-ring (bicyclic) bond motifs is 8. The summed E-state index contributed by atoms with van der Waals surface area (Å²) < 4.78 is 50.5. The quantitative estimate of drug-likeness (QED) is 0.123. The first-order valence-corrected chi connectivity index (χ1v) is 25.5. The van der Waals surface area contributed by atoms with Gasteiger partial charge in [-0.1, -0.05) is 52.5 Å². The van der Waals surface area contributed by atoms with Gasteiger partial charge in [-0.15, -0.1) is 11.3 Å². The van der Waals surface area contributed by atoms with Gasteiger partial charge in [0.15, 0.2) is 18.4 Å². The number of carbonyl (C=O) groups excluding carboxylic acids is 3. The topological polar surface area (TPSA) is 141 Å². The Morgan fingerprint density at radius 2 is 1.62 bits per heavy atom. The number of ketones is 1. The van der Waals surface area contributed by atoms with Crippen LogP contribution in [0.4, 0.5) is 0 Å². The second-order valence-electron chi connectivity index (χ2n) is 19.7. The van der Waals surface area contributed by atoms with E-state index in [0.29, 0.717) is 37.7 Å². The molecule has 1 aromatic heterocycles. The van der Waals surface area contributed by atoms with Crippen molar-refractivity contribution in [2.24, 2.45) is 23.7 Å². The second kappa shape index (κ2) is 22.2. The standard InChI is InChI=1S/C50H78N2O11S/c1-11-13-14-15-16-20-40(53)52(7)38-21-22-42(59-28(38)4)63-39-19-17-18-31(12-2)61-41(54)26-35-36(45(55)27(39)3)25-34-33-23-32(24-37(33)49-44(43(34)35)51-30(6)64-49)62-50-48(58-10)47(57-9)46(56-8)29(5)60-50/h25,27-29,31-35,37-39,42-43,46-48,50H,11-24,26H2,1-10H3/t27-,28?,29?,31+,32+,33+,34+,35-,37-,38+,39+,42+,43?,46?,47?,48?,50?/m1/s1. The number of cyclic esters (lactones) is 1. The van der Waals surface area contributed by atoms with E-state index in [1.165, 1.54) is 24.1 Å². The fourth-order valence-corrected chi connectivity index (χ4v) is 13.4. The highest BCUT2D eigenvalue weighted by Crippen LogP contribution is 2.62. The predicted molar refractivity (Wildman–Crippen MR) is 243 cm³/mol. The van der Waals surface area contributed by atoms with Gasteiger partial charge in [0, 0.05) is 69.8 Å². The van der Waals surface area contributed by atoms with Crippen molar-refractivity contribution in [3.8, 4) is 0 Å². The maximum atomic E-state index is 15.2. The predicted octanol–water partition coefficient (Wildman–Crippen LogP) is 8.59. The van der Waals surface area contributed by atoms with Crippen molar-refractivity contribution in [3.05, 3.63) is 27.2 Å². The molecule has 0 bridgehead atoms. The number of carbonyl (C=O) groups is 3. The molecule has 64 heavy (non-hydrogen) atoms. The Morgan fingerprint density at radius 3 is 2.33 bits per heavy atom. The second-order valence-corrected chi connectivity index (χ2v) is 20.9. The molecule has 0 radical (unpaired) electrons. The third kappa shape index (κ3) is 10.5. The van der Waals surface area contributed by atoms with Crippen LogP contribution in [0.15, 0.2) is 11.6 Å². The number of aryl methyl sites for hydroxylation is 1. The van der Waals surface area contributed by atoms with Gasteiger partial charge in [-0.3, -0.25) is 14.4 Å². The summed E-state index contributed by atoms with van der Waals surface area (Å²) in [7, 11) is 6.87. The van der Waals surface area contributed by atoms with Crippen molar-refractivity contribution in [2.75, 3.05) is 28.4 Å². The number of unbranched alkanes of at least 4 members (excludes halogenated alkanes) is 4. The zero-order valence-electron chi connectivity index (χ0n) is 40.3. The minimum Gasteiger partial charge on any atom is -0.462 e. The number of Topliss-reactive ketones (excluding diaryl/α,β-unsaturated/α-hetero) is 1. The molecule has 1 amide bonds. The number of methoxy groups -OCH3 is 3. The molecule has 13 nitrogen and oxygen atoms in total. The van der Waals surface area contributed by atoms with Gasteiger partial charge < -0.3 is 42.8 Å². The molecular formula is C50H78N2O11S. The van der Waals surface area contributed by atoms with E-state index in [-0.39, 0.29) is 96.3 Å². The summed E-state index contributed by atoms with van der Waals surface area (Å²) in [5, 5.41) is 0.983. The molecule has 3 aliphatic carbocycles. The highest BCUT2D eigenvalue weighted by atomic mass is 32.1. The van der Waals surface area contributed by atoms with Gasteiger partial charge in [-0.05, 0) is 89.5 Å². The zero-order chi connectivity index (χ0) is 45.8. The van der Waals surface area contributed by atoms with Crippen molar-refractivity contribution in [1.82, 2.24) is 9.88 Å². The van der Waals surface area contributed by atoms with E-state index in [4.69, 9.17) is 42.9 Å². The Kier molecular flexibility index (Phi) is 17.2. The van der Waals surface area contributed by atoms with Crippen LogP contribution in [0.5, 0.6) is 0 Å². The Labute approximate surface area is 386 Å². The van der Waals surface area contributed by atoms with E-state index in [1.54, 1.807) is 32.7 Å². The van der Waals surface area contributed by atoms with Crippen molar-refractivity contribution in [2.45, 2.75) is 217 Å². The van der Waals surface area contributed by atoms with E-state index >= 15 is 4.79 Å². The Balaban J connectivity index is 1.10. The van der Waals surface area contributed by atoms with Gasteiger partial charge >= 0.3 is 5.97 Å². The molecule has 7 unspecified atom stereocenters. The maximum absolute atomic E-state index is 15.2. The molecular weight excluding hydrogens is 837 g/mol. The molecule has 0 spiro atoms. The van der Waals surface area contributed by atoms with Gasteiger partial charge in [-0.2, -0.15) is 0 Å². The highest BCUT2D eigenvalue weighted by Gasteiger charge is 2.57. The molecule has 14 heteroatoms. The molecule has 17 atom stereocenters. The van der Waals surface area contributed by atoms with Crippen LogP contribution in [-0.2, 0) is 52.3 Å². The first-order chi connectivity index (χ1) is 30.8. The third-order valence-corrected chi connectivity index (χ3v) is 16.8. The molecule has 1 aromatic rings. The third-order valence-electron chi connectivity index (χ3n) is 15.7. The maximum Gasteiger partial charge on any atom is 0.306 e. The molecule has 360 valence electrons. The number of nitrogens with zero attached hydrogens (tertiary/aromatic N) is 2. The lowest BCUT2D eigenvalue weighted by Gasteiger charge is -2.44. The number of likely N-dealkylation sites (N-methyl/N-ethyl adjacent to an activating group) is 1. The monoisotopic (exact) mass is 915 g/mol. The zero-order valence-corrected chi connectivity index (χ0v) is 41.1. The van der Waals surface area contributed by atoms with Gasteiger partial charge in [0.1, 0.15) is 24.4 Å². The minimum atomic E-state index is -0.645. The van der Waals surface area contributed by atoms with Crippen molar-refractivity contribution < 1.29 is 52.3 Å². The summed E-state index contributed by atoms with van der Waals surface area (Å²) in [4.78, 5) is 50.6. The summed E-state index contributed by atoms with van der Waals surface area (Å²) >= 11 is 1.73. The average Bonchev–Trinajstić information content (AvgIpc) is 3.98. The van der Waals surface area contributed by atoms with E-state index in [1.807, 2.05) is 32.7 Å². The molecule has 6 aliphatic rings. The van der Waals surface area contributed by atoms with Gasteiger partial charge in [0.05, 0.1) is 47.6 Å². The molecule has 1 saturated carbocycles. The molecule has 7 rings (SSSR count). The van der Waals surface area contributed by atoms with E-state index in [9.17, 15) is 9.59 Å². The molecule has 0 aromatic carbocycles. The van der Waals surface area contributed by atoms with Crippen LogP contribution < -0.4 is 0 Å². The lowest BCUT2D eigenvalue weighted by atomic mass is 9.67. The van der Waals surface area contributed by atoms with Crippen molar-refractivity contribution in [3.63, 3.8) is 0 Å². The van der Waals surface area contributed by atoms with E-state index < -0.39 is 30.7 Å². The number of hydrogen-bond donors (Lipinski definition) is 0. The average molecular weight is 915 g/mol. The number of allylic oxidation sites excluding steroid dienone is 2. The summed E-state index contributed by atoms with van der Waals surface area (Å²) in [6.45, 7) is 12.3. The number of amides is 1. The highest BCUT2D eigenvalue weighted by molar-refractivity contribution is 7.11. The Hall–Kier alpha value is -2.30. The number of hydrogen-bond acceptors (Lipinski definition) is 13. The SMILES string of the molecule is CCCCCCCC(=O)N(C)[C@H]1CC[C@H](O[C@H]2CCC[C@H](CC)OC(=O)C[C@@H]3C(=C[C@@H]4C3c3nc(C)sc3[C@@H]3C[C@@H](OC5OC(C)C(OC)C(OC)C5OC)C[C@@H]43)C(=O)[C@@H]2C)OC1C. The lowest BCUT2D eigenvalue weighted by Crippen LogP contribution is -2.59. The Morgan fingerprint density at radius 1 is 0.875 bits per heavy atom. The first kappa shape index (κ1) is 49.6. The molecule has 4 heterocycles. The number of aromatic nitrogens is 1. The van der Waals surface area contributed by atoms with E-state index in [0.717, 1.165) is 49.2 Å². The summed E-state index contributed by atoms with van der Waals surface area (Å²) in [5.74, 6) is -0.669. The largest absolute Gasteiger partial charge is 0.462 e. The minimum absolute atomic E-state index is 0.00691. The van der Waals surface area contributed by atoms with Crippen LogP contribution in [0, 0.1) is 30.6 Å². The summed E-state index contributed by atoms with van der Waals surface area (Å²) in [5.41, 5.74) is 1.72. The van der Waals surface area contributed by atoms with Crippen LogP contribution in [0.1, 0.15) is 158 Å². The summed E-state index contributed by atoms with van der Waals surface area (Å²) in [6.07, 6.45) is 10.7. The van der Waals surface area contributed by atoms with Gasteiger partial charge in [-0.25, -0.2) is 4.98 Å². The van der Waals surface area contributed by atoms with Crippen molar-refractivity contribution in [1.29, 1.82) is 0 Å². The first-order valence-electron chi connectivity index (χ1n) is 24.7. The van der Waals surface area contributed by atoms with Crippen molar-refractivity contribution >= 4 is 29.0 Å². The number of rotatable bonds is 15. The summed E-state index contributed by atoms with van der Waals surface area (Å²) in [6, 6.07) is -0.0276. The van der Waals surface area contributed by atoms with Gasteiger partial charge in [0.2, 0.25) is 5.91 Å². The van der Waals surface area contributed by atoms with E-state index in [2.05, 4.69) is 26.8 Å².